The van der Waals surface area contributed by atoms with Crippen LogP contribution in [0.5, 0.6) is 0 Å². The average Bonchev–Trinajstić information content (AvgIpc) is 2.56. The van der Waals surface area contributed by atoms with E-state index < -0.39 is 0 Å². The second-order valence-electron chi connectivity index (χ2n) is 4.27. The lowest BCUT2D eigenvalue weighted by Crippen LogP contribution is -2.30. The normalized spacial score (nSPS) is 8.86. The summed E-state index contributed by atoms with van der Waals surface area (Å²) in [5, 5.41) is 29.3. The molecular formula is C16H15N5O. The molecule has 0 bridgehead atoms. The van der Waals surface area contributed by atoms with Crippen LogP contribution in [0.1, 0.15) is 24.2 Å². The Labute approximate surface area is 129 Å². The fraction of sp³-hybridized carbons (Fsp3) is 0.250. The molecule has 0 aromatic heterocycles. The van der Waals surface area contributed by atoms with Gasteiger partial charge in [-0.2, -0.15) is 15.8 Å². The molecule has 0 aliphatic heterocycles. The highest BCUT2D eigenvalue weighted by Crippen LogP contribution is 2.16. The summed E-state index contributed by atoms with van der Waals surface area (Å²) in [5.74, 6) is -0.114. The summed E-state index contributed by atoms with van der Waals surface area (Å²) in [6.45, 7) is 4.99. The Bertz CT molecular complexity index is 695. The van der Waals surface area contributed by atoms with E-state index in [9.17, 15) is 4.79 Å². The first-order chi connectivity index (χ1) is 10.6. The van der Waals surface area contributed by atoms with Crippen molar-refractivity contribution in [2.75, 3.05) is 18.4 Å². The van der Waals surface area contributed by atoms with Crippen LogP contribution in [0.4, 0.5) is 5.69 Å². The minimum Gasteiger partial charge on any atom is -0.345 e. The van der Waals surface area contributed by atoms with Crippen LogP contribution in [0.3, 0.4) is 0 Å². The number of benzene rings is 1. The minimum atomic E-state index is -0.303. The summed E-state index contributed by atoms with van der Waals surface area (Å²) < 4.78 is 0. The first-order valence-corrected chi connectivity index (χ1v) is 6.72. The molecule has 0 radical (unpaired) electrons. The number of carbonyl (C=O) groups is 1. The molecule has 22 heavy (non-hydrogen) atoms. The van der Waals surface area contributed by atoms with Crippen LogP contribution >= 0.6 is 0 Å². The van der Waals surface area contributed by atoms with E-state index in [0.29, 0.717) is 24.3 Å². The third-order valence-electron chi connectivity index (χ3n) is 3.01. The van der Waals surface area contributed by atoms with Gasteiger partial charge in [-0.05, 0) is 32.0 Å². The SMILES string of the molecule is CCN(CC)C(=O)c1cccc(NC(C#N)=C(C#N)C#N)c1. The van der Waals surface area contributed by atoms with Crippen LogP contribution in [0.25, 0.3) is 0 Å². The van der Waals surface area contributed by atoms with Gasteiger partial charge in [0.1, 0.15) is 23.9 Å². The summed E-state index contributed by atoms with van der Waals surface area (Å²) in [6, 6.07) is 11.7. The number of allylic oxidation sites excluding steroid dienone is 2. The summed E-state index contributed by atoms with van der Waals surface area (Å²) >= 11 is 0. The zero-order valence-corrected chi connectivity index (χ0v) is 12.4. The van der Waals surface area contributed by atoms with Crippen LogP contribution in [0.15, 0.2) is 35.5 Å². The number of carbonyl (C=O) groups excluding carboxylic acids is 1. The maximum absolute atomic E-state index is 12.3. The number of rotatable bonds is 5. The van der Waals surface area contributed by atoms with Gasteiger partial charge in [-0.3, -0.25) is 4.79 Å². The fourth-order valence-corrected chi connectivity index (χ4v) is 1.85. The Morgan fingerprint density at radius 1 is 1.14 bits per heavy atom. The van der Waals surface area contributed by atoms with Crippen LogP contribution in [0, 0.1) is 34.0 Å². The topological polar surface area (TPSA) is 104 Å². The summed E-state index contributed by atoms with van der Waals surface area (Å²) in [5.41, 5.74) is 0.499. The number of amides is 1. The number of hydrogen-bond acceptors (Lipinski definition) is 5. The molecule has 1 amide bonds. The molecule has 0 unspecified atom stereocenters. The quantitative estimate of drug-likeness (QED) is 0.839. The summed E-state index contributed by atoms with van der Waals surface area (Å²) in [4.78, 5) is 14.0. The molecular weight excluding hydrogens is 278 g/mol. The Morgan fingerprint density at radius 3 is 2.27 bits per heavy atom. The Kier molecular flexibility index (Phi) is 6.16. The van der Waals surface area contributed by atoms with E-state index in [0.717, 1.165) is 0 Å². The van der Waals surface area contributed by atoms with Gasteiger partial charge in [0.2, 0.25) is 0 Å². The van der Waals surface area contributed by atoms with Gasteiger partial charge in [0.15, 0.2) is 5.57 Å². The summed E-state index contributed by atoms with van der Waals surface area (Å²) in [7, 11) is 0. The van der Waals surface area contributed by atoms with Crippen molar-refractivity contribution in [1.29, 1.82) is 15.8 Å². The van der Waals surface area contributed by atoms with E-state index in [1.54, 1.807) is 47.4 Å². The molecule has 1 aromatic rings. The van der Waals surface area contributed by atoms with E-state index >= 15 is 0 Å². The van der Waals surface area contributed by atoms with E-state index in [2.05, 4.69) is 5.32 Å². The lowest BCUT2D eigenvalue weighted by Gasteiger charge is -2.19. The van der Waals surface area contributed by atoms with Crippen molar-refractivity contribution >= 4 is 11.6 Å². The Balaban J connectivity index is 3.12. The first kappa shape index (κ1) is 16.8. The van der Waals surface area contributed by atoms with Gasteiger partial charge < -0.3 is 10.2 Å². The molecule has 1 rings (SSSR count). The largest absolute Gasteiger partial charge is 0.345 e. The molecule has 1 aromatic carbocycles. The Morgan fingerprint density at radius 2 is 1.77 bits per heavy atom. The standard InChI is InChI=1S/C16H15N5O/c1-3-21(4-2)16(22)12-6-5-7-14(8-12)20-15(11-19)13(9-17)10-18/h5-8,20H,3-4H2,1-2H3. The molecule has 0 aliphatic carbocycles. The van der Waals surface area contributed by atoms with Crippen LogP contribution < -0.4 is 5.32 Å². The van der Waals surface area contributed by atoms with Gasteiger partial charge in [-0.1, -0.05) is 6.07 Å². The van der Waals surface area contributed by atoms with Gasteiger partial charge in [0, 0.05) is 24.3 Å². The van der Waals surface area contributed by atoms with Crippen molar-refractivity contribution in [1.82, 2.24) is 4.90 Å². The van der Waals surface area contributed by atoms with Crippen molar-refractivity contribution in [3.63, 3.8) is 0 Å². The lowest BCUT2D eigenvalue weighted by molar-refractivity contribution is 0.0773. The molecule has 0 fully saturated rings. The molecule has 1 N–H and O–H groups in total. The minimum absolute atomic E-state index is 0.114. The van der Waals surface area contributed by atoms with Gasteiger partial charge >= 0.3 is 0 Å². The highest BCUT2D eigenvalue weighted by atomic mass is 16.2. The smallest absolute Gasteiger partial charge is 0.253 e. The highest BCUT2D eigenvalue weighted by Gasteiger charge is 2.13. The molecule has 6 heteroatoms. The van der Waals surface area contributed by atoms with E-state index in [4.69, 9.17) is 15.8 Å². The number of anilines is 1. The highest BCUT2D eigenvalue weighted by molar-refractivity contribution is 5.95. The van der Waals surface area contributed by atoms with E-state index in [1.807, 2.05) is 13.8 Å². The number of hydrogen-bond donors (Lipinski definition) is 1. The molecule has 0 heterocycles. The number of nitriles is 3. The molecule has 0 spiro atoms. The first-order valence-electron chi connectivity index (χ1n) is 6.72. The third kappa shape index (κ3) is 3.85. The summed E-state index contributed by atoms with van der Waals surface area (Å²) in [6.07, 6.45) is 0. The van der Waals surface area contributed by atoms with Crippen molar-refractivity contribution < 1.29 is 4.79 Å². The third-order valence-corrected chi connectivity index (χ3v) is 3.01. The fourth-order valence-electron chi connectivity index (χ4n) is 1.85. The van der Waals surface area contributed by atoms with Crippen molar-refractivity contribution in [3.05, 3.63) is 41.1 Å². The molecule has 0 saturated carbocycles. The van der Waals surface area contributed by atoms with E-state index in [-0.39, 0.29) is 17.2 Å². The molecule has 6 nitrogen and oxygen atoms in total. The molecule has 0 aliphatic rings. The predicted octanol–water partition coefficient (Wildman–Crippen LogP) is 2.41. The zero-order valence-electron chi connectivity index (χ0n) is 12.4. The average molecular weight is 293 g/mol. The molecule has 0 saturated heterocycles. The number of nitrogens with one attached hydrogen (secondary N) is 1. The second-order valence-corrected chi connectivity index (χ2v) is 4.27. The Hall–Kier alpha value is -3.30. The van der Waals surface area contributed by atoms with Gasteiger partial charge in [-0.15, -0.1) is 0 Å². The van der Waals surface area contributed by atoms with Crippen molar-refractivity contribution in [2.24, 2.45) is 0 Å². The monoisotopic (exact) mass is 293 g/mol. The van der Waals surface area contributed by atoms with Crippen LogP contribution in [0.2, 0.25) is 0 Å². The zero-order chi connectivity index (χ0) is 16.5. The van der Waals surface area contributed by atoms with Gasteiger partial charge in [0.25, 0.3) is 5.91 Å². The maximum Gasteiger partial charge on any atom is 0.253 e. The van der Waals surface area contributed by atoms with Crippen molar-refractivity contribution in [3.8, 4) is 18.2 Å². The van der Waals surface area contributed by atoms with Gasteiger partial charge in [0.05, 0.1) is 0 Å². The van der Waals surface area contributed by atoms with Crippen molar-refractivity contribution in [2.45, 2.75) is 13.8 Å². The number of nitrogens with zero attached hydrogens (tertiary/aromatic N) is 4. The lowest BCUT2D eigenvalue weighted by atomic mass is 10.1. The van der Waals surface area contributed by atoms with Crippen LogP contribution in [-0.4, -0.2) is 23.9 Å². The van der Waals surface area contributed by atoms with E-state index in [1.165, 1.54) is 0 Å². The molecule has 0 atom stereocenters. The molecule has 110 valence electrons. The van der Waals surface area contributed by atoms with Crippen LogP contribution in [-0.2, 0) is 0 Å². The predicted molar refractivity (Wildman–Crippen MR) is 81.2 cm³/mol. The van der Waals surface area contributed by atoms with Gasteiger partial charge in [-0.25, -0.2) is 0 Å². The maximum atomic E-state index is 12.3. The second kappa shape index (κ2) is 8.09.